The molecule has 3 heteroatoms. The Morgan fingerprint density at radius 1 is 0.765 bits per heavy atom. The number of sulfone groups is 1. The van der Waals surface area contributed by atoms with Crippen LogP contribution in [0.25, 0.3) is 11.5 Å². The lowest BCUT2D eigenvalue weighted by atomic mass is 10.1. The van der Waals surface area contributed by atoms with E-state index in [2.05, 4.69) is 0 Å². The molecule has 0 spiro atoms. The van der Waals surface area contributed by atoms with Crippen molar-refractivity contribution in [2.24, 2.45) is 0 Å². The van der Waals surface area contributed by atoms with Crippen molar-refractivity contribution in [3.8, 4) is 0 Å². The summed E-state index contributed by atoms with van der Waals surface area (Å²) in [5.41, 5.74) is 0.744. The molecule has 0 fully saturated rings. The van der Waals surface area contributed by atoms with Crippen LogP contribution >= 0.6 is 0 Å². The van der Waals surface area contributed by atoms with Crippen molar-refractivity contribution >= 4 is 21.3 Å². The Balaban J connectivity index is 2.55. The van der Waals surface area contributed by atoms with Crippen molar-refractivity contribution in [3.05, 3.63) is 64.5 Å². The van der Waals surface area contributed by atoms with Gasteiger partial charge in [-0.3, -0.25) is 0 Å². The number of benzene rings is 2. The van der Waals surface area contributed by atoms with Crippen LogP contribution in [0, 0.1) is 0 Å². The summed E-state index contributed by atoms with van der Waals surface area (Å²) in [5, 5.41) is 3.01. The Hall–Kier alpha value is -1.87. The predicted molar refractivity (Wildman–Crippen MR) is 67.4 cm³/mol. The molecule has 1 aliphatic heterocycles. The minimum atomic E-state index is -3.35. The average Bonchev–Trinajstić information content (AvgIpc) is 2.42. The number of hydrogen-bond acceptors (Lipinski definition) is 2. The lowest BCUT2D eigenvalue weighted by molar-refractivity contribution is 0.607. The van der Waals surface area contributed by atoms with E-state index >= 15 is 0 Å². The van der Waals surface area contributed by atoms with Crippen molar-refractivity contribution < 1.29 is 8.42 Å². The highest BCUT2D eigenvalue weighted by atomic mass is 32.2. The summed E-state index contributed by atoms with van der Waals surface area (Å²) in [6.45, 7) is 0. The topological polar surface area (TPSA) is 34.1 Å². The summed E-state index contributed by atoms with van der Waals surface area (Å²) >= 11 is 0. The maximum absolute atomic E-state index is 12.2. The fourth-order valence-corrected chi connectivity index (χ4v) is 3.41. The van der Waals surface area contributed by atoms with Crippen molar-refractivity contribution in [1.82, 2.24) is 0 Å². The molecule has 0 bridgehead atoms. The highest BCUT2D eigenvalue weighted by Crippen LogP contribution is 2.19. The number of hydrogen-bond donors (Lipinski definition) is 0. The first kappa shape index (κ1) is 10.3. The monoisotopic (exact) mass is 242 g/mol. The fourth-order valence-electron chi connectivity index (χ4n) is 2.01. The summed E-state index contributed by atoms with van der Waals surface area (Å²) < 4.78 is 24.4. The lowest BCUT2D eigenvalue weighted by Crippen LogP contribution is -2.23. The average molecular weight is 242 g/mol. The minimum absolute atomic E-state index is 0.371. The molecular formula is C14H10O2S. The van der Waals surface area contributed by atoms with E-state index in [0.29, 0.717) is 4.90 Å². The van der Waals surface area contributed by atoms with E-state index in [-0.39, 0.29) is 0 Å². The quantitative estimate of drug-likeness (QED) is 0.692. The van der Waals surface area contributed by atoms with Gasteiger partial charge in [-0.1, -0.05) is 42.5 Å². The maximum Gasteiger partial charge on any atom is 0.201 e. The van der Waals surface area contributed by atoms with Crippen LogP contribution in [0.4, 0.5) is 0 Å². The van der Waals surface area contributed by atoms with Gasteiger partial charge < -0.3 is 0 Å². The van der Waals surface area contributed by atoms with E-state index in [1.807, 2.05) is 42.5 Å². The Kier molecular flexibility index (Phi) is 2.16. The van der Waals surface area contributed by atoms with Gasteiger partial charge >= 0.3 is 0 Å². The third-order valence-corrected chi connectivity index (χ3v) is 4.36. The summed E-state index contributed by atoms with van der Waals surface area (Å²) in [6, 6.07) is 14.5. The van der Waals surface area contributed by atoms with Crippen molar-refractivity contribution in [2.45, 2.75) is 4.90 Å². The Labute approximate surface area is 99.5 Å². The molecule has 0 amide bonds. The fraction of sp³-hybridized carbons (Fsp3) is 0. The number of rotatable bonds is 0. The standard InChI is InChI=1S/C14H10O2S/c15-17(16)10-13-7-2-1-5-11(13)9-12-6-3-4-8-14(12)17/h1-10H. The van der Waals surface area contributed by atoms with E-state index < -0.39 is 9.84 Å². The first-order valence-electron chi connectivity index (χ1n) is 5.29. The molecule has 0 saturated carbocycles. The van der Waals surface area contributed by atoms with Gasteiger partial charge in [-0.25, -0.2) is 8.42 Å². The van der Waals surface area contributed by atoms with Crippen LogP contribution in [0.1, 0.15) is 5.56 Å². The molecule has 2 aromatic rings. The largest absolute Gasteiger partial charge is 0.219 e. The molecular weight excluding hydrogens is 232 g/mol. The molecule has 0 radical (unpaired) electrons. The smallest absolute Gasteiger partial charge is 0.201 e. The van der Waals surface area contributed by atoms with Crippen molar-refractivity contribution in [1.29, 1.82) is 0 Å². The molecule has 2 aromatic carbocycles. The minimum Gasteiger partial charge on any atom is -0.219 e. The van der Waals surface area contributed by atoms with Crippen LogP contribution in [-0.4, -0.2) is 8.42 Å². The van der Waals surface area contributed by atoms with Gasteiger partial charge in [0.2, 0.25) is 9.84 Å². The van der Waals surface area contributed by atoms with Crippen molar-refractivity contribution in [2.75, 3.05) is 0 Å². The molecule has 84 valence electrons. The van der Waals surface area contributed by atoms with Gasteiger partial charge in [0.1, 0.15) is 0 Å². The van der Waals surface area contributed by atoms with Crippen LogP contribution < -0.4 is 10.4 Å². The van der Waals surface area contributed by atoms with Crippen LogP contribution in [-0.2, 0) is 9.84 Å². The van der Waals surface area contributed by atoms with Gasteiger partial charge in [-0.15, -0.1) is 0 Å². The van der Waals surface area contributed by atoms with Crippen molar-refractivity contribution in [3.63, 3.8) is 0 Å². The van der Waals surface area contributed by atoms with Gasteiger partial charge in [0.05, 0.1) is 4.90 Å². The molecule has 1 heterocycles. The summed E-state index contributed by atoms with van der Waals surface area (Å²) in [6.07, 6.45) is 1.91. The van der Waals surface area contributed by atoms with Gasteiger partial charge in [0.15, 0.2) is 0 Å². The Bertz CT molecular complexity index is 802. The van der Waals surface area contributed by atoms with Gasteiger partial charge in [0.25, 0.3) is 0 Å². The second-order valence-electron chi connectivity index (χ2n) is 3.97. The first-order valence-corrected chi connectivity index (χ1v) is 6.84. The lowest BCUT2D eigenvalue weighted by Gasteiger charge is -2.01. The summed E-state index contributed by atoms with van der Waals surface area (Å²) in [4.78, 5) is 0.371. The summed E-state index contributed by atoms with van der Waals surface area (Å²) in [7, 11) is -3.35. The molecule has 0 atom stereocenters. The van der Waals surface area contributed by atoms with Crippen LogP contribution in [0.3, 0.4) is 0 Å². The molecule has 2 nitrogen and oxygen atoms in total. The first-order chi connectivity index (χ1) is 8.17. The normalized spacial score (nSPS) is 15.8. The number of fused-ring (bicyclic) bond motifs is 2. The second kappa shape index (κ2) is 3.57. The third-order valence-electron chi connectivity index (χ3n) is 2.81. The Morgan fingerprint density at radius 2 is 1.41 bits per heavy atom. The Morgan fingerprint density at radius 3 is 2.24 bits per heavy atom. The van der Waals surface area contributed by atoms with E-state index in [9.17, 15) is 8.42 Å². The molecule has 0 saturated heterocycles. The zero-order chi connectivity index (χ0) is 11.9. The molecule has 1 aliphatic rings. The SMILES string of the molecule is O=S1(=O)C=c2ccccc2=Cc2ccccc21. The van der Waals surface area contributed by atoms with Gasteiger partial charge in [-0.2, -0.15) is 0 Å². The highest BCUT2D eigenvalue weighted by molar-refractivity contribution is 7.98. The predicted octanol–water partition coefficient (Wildman–Crippen LogP) is 1.04. The van der Waals surface area contributed by atoms with E-state index in [1.54, 1.807) is 12.1 Å². The molecule has 0 unspecified atom stereocenters. The van der Waals surface area contributed by atoms with E-state index in [0.717, 1.165) is 16.0 Å². The van der Waals surface area contributed by atoms with Crippen LogP contribution in [0.15, 0.2) is 53.4 Å². The molecule has 0 aliphatic carbocycles. The van der Waals surface area contributed by atoms with E-state index in [1.165, 1.54) is 5.41 Å². The molecule has 3 rings (SSSR count). The van der Waals surface area contributed by atoms with Gasteiger partial charge in [-0.05, 0) is 28.1 Å². The molecule has 17 heavy (non-hydrogen) atoms. The third kappa shape index (κ3) is 1.68. The van der Waals surface area contributed by atoms with Crippen LogP contribution in [0.5, 0.6) is 0 Å². The molecule has 0 N–H and O–H groups in total. The second-order valence-corrected chi connectivity index (χ2v) is 5.74. The molecule has 0 aromatic heterocycles. The zero-order valence-corrected chi connectivity index (χ0v) is 9.81. The van der Waals surface area contributed by atoms with Crippen LogP contribution in [0.2, 0.25) is 0 Å². The van der Waals surface area contributed by atoms with E-state index in [4.69, 9.17) is 0 Å². The highest BCUT2D eigenvalue weighted by Gasteiger charge is 2.16. The van der Waals surface area contributed by atoms with Gasteiger partial charge in [0, 0.05) is 5.41 Å². The maximum atomic E-state index is 12.2. The zero-order valence-electron chi connectivity index (χ0n) is 9.00. The summed E-state index contributed by atoms with van der Waals surface area (Å²) in [5.74, 6) is 0.